The lowest BCUT2D eigenvalue weighted by atomic mass is 10.2. The molecule has 7 heteroatoms. The SMILES string of the molecule is COC(=O)c1cnn2c1ncc1c(=O)n(-c3ccccc3)ccc12. The zero-order valence-electron chi connectivity index (χ0n) is 12.7. The first-order chi connectivity index (χ1) is 11.7. The highest BCUT2D eigenvalue weighted by atomic mass is 16.5. The van der Waals surface area contributed by atoms with Gasteiger partial charge in [0.15, 0.2) is 5.65 Å². The molecule has 24 heavy (non-hydrogen) atoms. The van der Waals surface area contributed by atoms with Crippen molar-refractivity contribution in [1.29, 1.82) is 0 Å². The number of rotatable bonds is 2. The molecule has 0 atom stereocenters. The van der Waals surface area contributed by atoms with Crippen molar-refractivity contribution < 1.29 is 9.53 Å². The van der Waals surface area contributed by atoms with Gasteiger partial charge in [0.2, 0.25) is 0 Å². The molecule has 0 N–H and O–H groups in total. The highest BCUT2D eigenvalue weighted by Crippen LogP contribution is 2.16. The summed E-state index contributed by atoms with van der Waals surface area (Å²) in [5, 5.41) is 4.58. The molecule has 0 unspecified atom stereocenters. The Balaban J connectivity index is 2.00. The quantitative estimate of drug-likeness (QED) is 0.526. The van der Waals surface area contributed by atoms with Crippen molar-refractivity contribution in [2.24, 2.45) is 0 Å². The van der Waals surface area contributed by atoms with Gasteiger partial charge in [0.05, 0.1) is 24.2 Å². The summed E-state index contributed by atoms with van der Waals surface area (Å²) in [7, 11) is 1.30. The zero-order chi connectivity index (χ0) is 16.7. The van der Waals surface area contributed by atoms with Gasteiger partial charge in [-0.25, -0.2) is 14.3 Å². The fourth-order valence-electron chi connectivity index (χ4n) is 2.66. The summed E-state index contributed by atoms with van der Waals surface area (Å²) in [6, 6.07) is 11.1. The van der Waals surface area contributed by atoms with Crippen LogP contribution in [0.1, 0.15) is 10.4 Å². The summed E-state index contributed by atoms with van der Waals surface area (Å²) in [5.41, 5.74) is 1.74. The molecule has 0 saturated carbocycles. The fourth-order valence-corrected chi connectivity index (χ4v) is 2.66. The normalized spacial score (nSPS) is 11.0. The first kappa shape index (κ1) is 14.1. The summed E-state index contributed by atoms with van der Waals surface area (Å²) < 4.78 is 7.73. The predicted octanol–water partition coefficient (Wildman–Crippen LogP) is 1.82. The molecular weight excluding hydrogens is 308 g/mol. The number of benzene rings is 1. The van der Waals surface area contributed by atoms with Crippen molar-refractivity contribution in [2.45, 2.75) is 0 Å². The first-order valence-electron chi connectivity index (χ1n) is 7.22. The van der Waals surface area contributed by atoms with Crippen LogP contribution in [0, 0.1) is 0 Å². The van der Waals surface area contributed by atoms with E-state index in [0.717, 1.165) is 5.69 Å². The van der Waals surface area contributed by atoms with E-state index in [1.54, 1.807) is 16.8 Å². The third-order valence-electron chi connectivity index (χ3n) is 3.83. The number of aromatic nitrogens is 4. The Bertz CT molecular complexity index is 1130. The lowest BCUT2D eigenvalue weighted by molar-refractivity contribution is 0.0602. The Labute approximate surface area is 135 Å². The van der Waals surface area contributed by atoms with Gasteiger partial charge >= 0.3 is 5.97 Å². The van der Waals surface area contributed by atoms with Gasteiger partial charge in [-0.15, -0.1) is 0 Å². The zero-order valence-corrected chi connectivity index (χ0v) is 12.7. The van der Waals surface area contributed by atoms with Crippen LogP contribution >= 0.6 is 0 Å². The second-order valence-electron chi connectivity index (χ2n) is 5.17. The maximum Gasteiger partial charge on any atom is 0.343 e. The lowest BCUT2D eigenvalue weighted by Gasteiger charge is -2.07. The van der Waals surface area contributed by atoms with Gasteiger partial charge in [-0.2, -0.15) is 5.10 Å². The van der Waals surface area contributed by atoms with Gasteiger partial charge in [-0.3, -0.25) is 9.36 Å². The highest BCUT2D eigenvalue weighted by molar-refractivity contribution is 5.96. The molecule has 4 aromatic rings. The number of fused-ring (bicyclic) bond motifs is 3. The van der Waals surface area contributed by atoms with Crippen LogP contribution in [-0.4, -0.2) is 32.2 Å². The van der Waals surface area contributed by atoms with Crippen LogP contribution in [0.25, 0.3) is 22.2 Å². The summed E-state index contributed by atoms with van der Waals surface area (Å²) in [6.07, 6.45) is 4.52. The molecule has 3 heterocycles. The van der Waals surface area contributed by atoms with Gasteiger partial charge in [0.1, 0.15) is 5.56 Å². The largest absolute Gasteiger partial charge is 0.465 e. The molecule has 0 spiro atoms. The topological polar surface area (TPSA) is 78.5 Å². The van der Waals surface area contributed by atoms with Crippen molar-refractivity contribution >= 4 is 22.5 Å². The van der Waals surface area contributed by atoms with E-state index in [-0.39, 0.29) is 11.1 Å². The second-order valence-corrected chi connectivity index (χ2v) is 5.17. The van der Waals surface area contributed by atoms with Crippen LogP contribution in [0.2, 0.25) is 0 Å². The predicted molar refractivity (Wildman–Crippen MR) is 87.4 cm³/mol. The molecule has 4 rings (SSSR count). The summed E-state index contributed by atoms with van der Waals surface area (Å²) in [5.74, 6) is -0.519. The summed E-state index contributed by atoms with van der Waals surface area (Å²) in [6.45, 7) is 0. The van der Waals surface area contributed by atoms with Gasteiger partial charge in [0.25, 0.3) is 5.56 Å². The Hall–Kier alpha value is -3.48. The van der Waals surface area contributed by atoms with Gasteiger partial charge < -0.3 is 4.74 Å². The van der Waals surface area contributed by atoms with Crippen LogP contribution < -0.4 is 5.56 Å². The standard InChI is InChI=1S/C17H12N4O3/c1-24-17(23)13-10-19-21-14-7-8-20(11-5-3-2-4-6-11)16(22)12(14)9-18-15(13)21/h2-10H,1H3. The molecule has 7 nitrogen and oxygen atoms in total. The van der Waals surface area contributed by atoms with Crippen LogP contribution in [0.4, 0.5) is 0 Å². The van der Waals surface area contributed by atoms with E-state index in [1.807, 2.05) is 30.3 Å². The highest BCUT2D eigenvalue weighted by Gasteiger charge is 2.17. The molecule has 0 aliphatic rings. The number of carbonyl (C=O) groups excluding carboxylic acids is 1. The minimum absolute atomic E-state index is 0.205. The van der Waals surface area contributed by atoms with Crippen LogP contribution in [0.5, 0.6) is 0 Å². The molecule has 0 saturated heterocycles. The molecule has 0 aliphatic carbocycles. The van der Waals surface area contributed by atoms with Gasteiger partial charge in [-0.05, 0) is 18.2 Å². The third kappa shape index (κ3) is 1.98. The fraction of sp³-hybridized carbons (Fsp3) is 0.0588. The molecular formula is C17H12N4O3. The Morgan fingerprint density at radius 3 is 2.67 bits per heavy atom. The number of methoxy groups -OCH3 is 1. The van der Waals surface area contributed by atoms with Crippen molar-refractivity contribution in [1.82, 2.24) is 19.2 Å². The minimum Gasteiger partial charge on any atom is -0.465 e. The molecule has 0 radical (unpaired) electrons. The molecule has 3 aromatic heterocycles. The number of hydrogen-bond donors (Lipinski definition) is 0. The lowest BCUT2D eigenvalue weighted by Crippen LogP contribution is -2.18. The number of hydrogen-bond acceptors (Lipinski definition) is 5. The number of nitrogens with zero attached hydrogens (tertiary/aromatic N) is 4. The summed E-state index contributed by atoms with van der Waals surface area (Å²) in [4.78, 5) is 28.7. The van der Waals surface area contributed by atoms with Crippen LogP contribution in [0.3, 0.4) is 0 Å². The smallest absolute Gasteiger partial charge is 0.343 e. The average molecular weight is 320 g/mol. The van der Waals surface area contributed by atoms with E-state index >= 15 is 0 Å². The molecule has 1 aromatic carbocycles. The van der Waals surface area contributed by atoms with E-state index in [0.29, 0.717) is 16.6 Å². The Morgan fingerprint density at radius 1 is 1.12 bits per heavy atom. The van der Waals surface area contributed by atoms with E-state index < -0.39 is 5.97 Å². The van der Waals surface area contributed by atoms with E-state index in [9.17, 15) is 9.59 Å². The Kier molecular flexibility index (Phi) is 3.13. The first-order valence-corrected chi connectivity index (χ1v) is 7.22. The molecule has 0 bridgehead atoms. The number of pyridine rings is 1. The van der Waals surface area contributed by atoms with E-state index in [2.05, 4.69) is 10.1 Å². The van der Waals surface area contributed by atoms with Gasteiger partial charge in [-0.1, -0.05) is 18.2 Å². The summed E-state index contributed by atoms with van der Waals surface area (Å²) >= 11 is 0. The average Bonchev–Trinajstić information content (AvgIpc) is 3.06. The molecule has 0 amide bonds. The number of ether oxygens (including phenoxy) is 1. The van der Waals surface area contributed by atoms with E-state index in [4.69, 9.17) is 4.74 Å². The van der Waals surface area contributed by atoms with Crippen molar-refractivity contribution in [2.75, 3.05) is 7.11 Å². The van der Waals surface area contributed by atoms with Crippen LogP contribution in [-0.2, 0) is 4.74 Å². The van der Waals surface area contributed by atoms with Crippen molar-refractivity contribution in [3.63, 3.8) is 0 Å². The number of carbonyl (C=O) groups is 1. The minimum atomic E-state index is -0.519. The Morgan fingerprint density at radius 2 is 1.92 bits per heavy atom. The van der Waals surface area contributed by atoms with Crippen molar-refractivity contribution in [3.8, 4) is 5.69 Å². The third-order valence-corrected chi connectivity index (χ3v) is 3.83. The van der Waals surface area contributed by atoms with Crippen LogP contribution in [0.15, 0.2) is 59.8 Å². The monoisotopic (exact) mass is 320 g/mol. The maximum atomic E-state index is 12.8. The van der Waals surface area contributed by atoms with Gasteiger partial charge in [0, 0.05) is 18.1 Å². The number of para-hydroxylation sites is 1. The second kappa shape index (κ2) is 5.31. The number of esters is 1. The molecule has 0 aliphatic heterocycles. The molecule has 0 fully saturated rings. The van der Waals surface area contributed by atoms with E-state index in [1.165, 1.54) is 24.0 Å². The molecule has 118 valence electrons. The van der Waals surface area contributed by atoms with Crippen molar-refractivity contribution in [3.05, 3.63) is 70.9 Å². The maximum absolute atomic E-state index is 12.8.